The van der Waals surface area contributed by atoms with E-state index in [1.54, 1.807) is 6.07 Å². The number of alkyl halides is 3. The summed E-state index contributed by atoms with van der Waals surface area (Å²) >= 11 is 0. The Morgan fingerprint density at radius 3 is 2.70 bits per heavy atom. The number of halogens is 3. The maximum Gasteiger partial charge on any atom is 0.420 e. The summed E-state index contributed by atoms with van der Waals surface area (Å²) in [6.07, 6.45) is -2.95. The molecule has 1 aliphatic rings. The average Bonchev–Trinajstić information content (AvgIpc) is 2.81. The molecule has 2 unspecified atom stereocenters. The summed E-state index contributed by atoms with van der Waals surface area (Å²) in [6, 6.07) is 4.98. The van der Waals surface area contributed by atoms with E-state index in [4.69, 9.17) is 14.7 Å². The van der Waals surface area contributed by atoms with Gasteiger partial charge in [0.1, 0.15) is 12.4 Å². The van der Waals surface area contributed by atoms with E-state index in [1.807, 2.05) is 6.92 Å². The predicted molar refractivity (Wildman–Crippen MR) is 65.2 cm³/mol. The Kier molecular flexibility index (Phi) is 4.19. The molecule has 20 heavy (non-hydrogen) atoms. The molecule has 1 aromatic rings. The van der Waals surface area contributed by atoms with Crippen LogP contribution < -0.4 is 4.74 Å². The van der Waals surface area contributed by atoms with Crippen LogP contribution in [-0.2, 0) is 10.9 Å². The van der Waals surface area contributed by atoms with Crippen LogP contribution in [0.15, 0.2) is 18.2 Å². The summed E-state index contributed by atoms with van der Waals surface area (Å²) in [7, 11) is 0. The van der Waals surface area contributed by atoms with Gasteiger partial charge in [-0.25, -0.2) is 0 Å². The Balaban J connectivity index is 2.13. The molecule has 0 spiro atoms. The highest BCUT2D eigenvalue weighted by Crippen LogP contribution is 2.37. The van der Waals surface area contributed by atoms with Crippen molar-refractivity contribution in [1.29, 1.82) is 5.26 Å². The smallest absolute Gasteiger partial charge is 0.420 e. The molecule has 2 rings (SSSR count). The molecule has 108 valence electrons. The average molecular weight is 285 g/mol. The van der Waals surface area contributed by atoms with E-state index in [9.17, 15) is 13.2 Å². The monoisotopic (exact) mass is 285 g/mol. The number of benzene rings is 1. The molecule has 2 atom stereocenters. The molecule has 0 N–H and O–H groups in total. The van der Waals surface area contributed by atoms with Crippen LogP contribution in [0.25, 0.3) is 0 Å². The molecule has 0 radical (unpaired) electrons. The lowest BCUT2D eigenvalue weighted by Crippen LogP contribution is -2.19. The summed E-state index contributed by atoms with van der Waals surface area (Å²) < 4.78 is 49.5. The fourth-order valence-electron chi connectivity index (χ4n) is 2.14. The number of rotatable bonds is 3. The fraction of sp³-hybridized carbons (Fsp3) is 0.500. The minimum absolute atomic E-state index is 0.0459. The first kappa shape index (κ1) is 14.7. The van der Waals surface area contributed by atoms with Crippen molar-refractivity contribution in [3.63, 3.8) is 0 Å². The van der Waals surface area contributed by atoms with Crippen LogP contribution in [0.5, 0.6) is 5.75 Å². The van der Waals surface area contributed by atoms with Gasteiger partial charge in [0, 0.05) is 0 Å². The Morgan fingerprint density at radius 1 is 1.40 bits per heavy atom. The molecule has 0 bridgehead atoms. The van der Waals surface area contributed by atoms with E-state index < -0.39 is 11.7 Å². The summed E-state index contributed by atoms with van der Waals surface area (Å²) in [5.41, 5.74) is -0.974. The van der Waals surface area contributed by atoms with Gasteiger partial charge in [0.2, 0.25) is 0 Å². The standard InChI is InChI=1S/C14H14F3NO2/c1-9-2-4-11(20-9)8-19-13-5-3-10(7-18)6-12(13)14(15,16)17/h3,5-6,9,11H,2,4,8H2,1H3. The summed E-state index contributed by atoms with van der Waals surface area (Å²) in [4.78, 5) is 0. The highest BCUT2D eigenvalue weighted by Gasteiger charge is 2.35. The van der Waals surface area contributed by atoms with Crippen molar-refractivity contribution in [1.82, 2.24) is 0 Å². The number of hydrogen-bond acceptors (Lipinski definition) is 3. The largest absolute Gasteiger partial charge is 0.490 e. The highest BCUT2D eigenvalue weighted by atomic mass is 19.4. The molecule has 6 heteroatoms. The highest BCUT2D eigenvalue weighted by molar-refractivity contribution is 5.43. The zero-order chi connectivity index (χ0) is 14.8. The lowest BCUT2D eigenvalue weighted by molar-refractivity contribution is -0.139. The van der Waals surface area contributed by atoms with E-state index in [2.05, 4.69) is 0 Å². The van der Waals surface area contributed by atoms with Crippen LogP contribution in [0.1, 0.15) is 30.9 Å². The maximum absolute atomic E-state index is 12.9. The summed E-state index contributed by atoms with van der Waals surface area (Å²) in [5.74, 6) is -0.264. The van der Waals surface area contributed by atoms with Gasteiger partial charge in [0.05, 0.1) is 29.4 Å². The van der Waals surface area contributed by atoms with Crippen molar-refractivity contribution in [2.45, 2.75) is 38.1 Å². The van der Waals surface area contributed by atoms with Crippen LogP contribution in [-0.4, -0.2) is 18.8 Å². The van der Waals surface area contributed by atoms with Gasteiger partial charge in [-0.15, -0.1) is 0 Å². The maximum atomic E-state index is 12.9. The van der Waals surface area contributed by atoms with E-state index in [-0.39, 0.29) is 30.1 Å². The fourth-order valence-corrected chi connectivity index (χ4v) is 2.14. The summed E-state index contributed by atoms with van der Waals surface area (Å²) in [6.45, 7) is 2.00. The Morgan fingerprint density at radius 2 is 2.15 bits per heavy atom. The van der Waals surface area contributed by atoms with Gasteiger partial charge < -0.3 is 9.47 Å². The van der Waals surface area contributed by atoms with Crippen molar-refractivity contribution in [2.75, 3.05) is 6.61 Å². The van der Waals surface area contributed by atoms with Crippen LogP contribution in [0.4, 0.5) is 13.2 Å². The molecule has 1 heterocycles. The first-order valence-corrected chi connectivity index (χ1v) is 6.29. The molecule has 0 amide bonds. The SMILES string of the molecule is CC1CCC(COc2ccc(C#N)cc2C(F)(F)F)O1. The molecule has 3 nitrogen and oxygen atoms in total. The molecule has 0 saturated carbocycles. The van der Waals surface area contributed by atoms with E-state index >= 15 is 0 Å². The van der Waals surface area contributed by atoms with Crippen molar-refractivity contribution < 1.29 is 22.6 Å². The molecule has 1 fully saturated rings. The Labute approximate surface area is 114 Å². The Bertz CT molecular complexity index is 522. The molecule has 1 aromatic carbocycles. The third kappa shape index (κ3) is 3.42. The van der Waals surface area contributed by atoms with Crippen LogP contribution in [0, 0.1) is 11.3 Å². The summed E-state index contributed by atoms with van der Waals surface area (Å²) in [5, 5.41) is 8.67. The third-order valence-electron chi connectivity index (χ3n) is 3.16. The zero-order valence-electron chi connectivity index (χ0n) is 10.9. The lowest BCUT2D eigenvalue weighted by Gasteiger charge is -2.17. The van der Waals surface area contributed by atoms with Gasteiger partial charge in [-0.2, -0.15) is 18.4 Å². The predicted octanol–water partition coefficient (Wildman–Crippen LogP) is 3.52. The number of nitrogens with zero attached hydrogens (tertiary/aromatic N) is 1. The second-order valence-corrected chi connectivity index (χ2v) is 4.78. The quantitative estimate of drug-likeness (QED) is 0.853. The molecule has 0 aliphatic carbocycles. The Hall–Kier alpha value is -1.74. The molecule has 1 saturated heterocycles. The van der Waals surface area contributed by atoms with Crippen LogP contribution >= 0.6 is 0 Å². The van der Waals surface area contributed by atoms with Gasteiger partial charge >= 0.3 is 6.18 Å². The van der Waals surface area contributed by atoms with Crippen LogP contribution in [0.3, 0.4) is 0 Å². The number of nitriles is 1. The molecule has 0 aromatic heterocycles. The minimum atomic E-state index is -4.55. The van der Waals surface area contributed by atoms with Crippen LogP contribution in [0.2, 0.25) is 0 Å². The first-order chi connectivity index (χ1) is 9.40. The second-order valence-electron chi connectivity index (χ2n) is 4.78. The third-order valence-corrected chi connectivity index (χ3v) is 3.16. The number of ether oxygens (including phenoxy) is 2. The van der Waals surface area contributed by atoms with E-state index in [0.29, 0.717) is 0 Å². The van der Waals surface area contributed by atoms with Crippen molar-refractivity contribution >= 4 is 0 Å². The number of hydrogen-bond donors (Lipinski definition) is 0. The zero-order valence-corrected chi connectivity index (χ0v) is 10.9. The molecular weight excluding hydrogens is 271 g/mol. The van der Waals surface area contributed by atoms with Crippen molar-refractivity contribution in [2.24, 2.45) is 0 Å². The topological polar surface area (TPSA) is 42.2 Å². The van der Waals surface area contributed by atoms with Gasteiger partial charge in [-0.05, 0) is 38.0 Å². The first-order valence-electron chi connectivity index (χ1n) is 6.29. The minimum Gasteiger partial charge on any atom is -0.490 e. The lowest BCUT2D eigenvalue weighted by atomic mass is 10.1. The van der Waals surface area contributed by atoms with E-state index in [1.165, 1.54) is 12.1 Å². The molecule has 1 aliphatic heterocycles. The van der Waals surface area contributed by atoms with Gasteiger partial charge in [-0.1, -0.05) is 0 Å². The van der Waals surface area contributed by atoms with Crippen molar-refractivity contribution in [3.8, 4) is 11.8 Å². The van der Waals surface area contributed by atoms with E-state index in [0.717, 1.165) is 18.9 Å². The molecular formula is C14H14F3NO2. The van der Waals surface area contributed by atoms with Gasteiger partial charge in [-0.3, -0.25) is 0 Å². The van der Waals surface area contributed by atoms with Gasteiger partial charge in [0.25, 0.3) is 0 Å². The van der Waals surface area contributed by atoms with Gasteiger partial charge in [0.15, 0.2) is 0 Å². The normalized spacial score (nSPS) is 22.6. The van der Waals surface area contributed by atoms with Crippen molar-refractivity contribution in [3.05, 3.63) is 29.3 Å². The second kappa shape index (κ2) is 5.71.